The predicted molar refractivity (Wildman–Crippen MR) is 94.6 cm³/mol. The molecule has 1 N–H and O–H groups in total. The molecule has 0 radical (unpaired) electrons. The molecule has 0 aliphatic rings. The summed E-state index contributed by atoms with van der Waals surface area (Å²) < 4.78 is 0. The highest BCUT2D eigenvalue weighted by atomic mass is 35.5. The van der Waals surface area contributed by atoms with E-state index in [9.17, 15) is 9.59 Å². The maximum Gasteiger partial charge on any atom is 0.258 e. The van der Waals surface area contributed by atoms with Gasteiger partial charge in [-0.3, -0.25) is 9.59 Å². The van der Waals surface area contributed by atoms with Crippen molar-refractivity contribution in [2.24, 2.45) is 0 Å². The van der Waals surface area contributed by atoms with Crippen molar-refractivity contribution >= 4 is 40.0 Å². The van der Waals surface area contributed by atoms with E-state index in [1.807, 2.05) is 6.07 Å². The first-order valence-electron chi connectivity index (χ1n) is 7.14. The van der Waals surface area contributed by atoms with Gasteiger partial charge in [0.25, 0.3) is 11.5 Å². The molecule has 5 nitrogen and oxygen atoms in total. The Morgan fingerprint density at radius 1 is 1.17 bits per heavy atom. The number of para-hydroxylation sites is 1. The molecule has 122 valence electrons. The second kappa shape index (κ2) is 6.63. The number of aromatic nitrogens is 2. The fourth-order valence-corrected chi connectivity index (χ4v) is 2.65. The second-order valence-electron chi connectivity index (χ2n) is 5.32. The fraction of sp³-hybridized carbons (Fsp3) is 0.118. The van der Waals surface area contributed by atoms with E-state index in [-0.39, 0.29) is 18.0 Å². The number of nitrogens with one attached hydrogen (secondary N) is 1. The number of hydrogen-bond donors (Lipinski definition) is 1. The van der Waals surface area contributed by atoms with Crippen LogP contribution >= 0.6 is 23.2 Å². The summed E-state index contributed by atoms with van der Waals surface area (Å²) >= 11 is 11.8. The minimum absolute atomic E-state index is 0.166. The van der Waals surface area contributed by atoms with Gasteiger partial charge in [0.15, 0.2) is 0 Å². The number of benzene rings is 2. The summed E-state index contributed by atoms with van der Waals surface area (Å²) in [4.78, 5) is 33.1. The Morgan fingerprint density at radius 3 is 2.67 bits per heavy atom. The molecule has 3 aromatic rings. The monoisotopic (exact) mass is 361 g/mol. The van der Waals surface area contributed by atoms with E-state index in [0.29, 0.717) is 32.3 Å². The minimum Gasteiger partial charge on any atom is -0.334 e. The number of halogens is 2. The number of fused-ring (bicyclic) bond motifs is 1. The SMILES string of the molecule is CN(Cc1nc2ccccc2c(=O)[nH]1)C(=O)c1ccc(Cl)c(Cl)c1. The third-order valence-corrected chi connectivity index (χ3v) is 4.30. The maximum atomic E-state index is 12.5. The van der Waals surface area contributed by atoms with Crippen LogP contribution in [0.15, 0.2) is 47.3 Å². The lowest BCUT2D eigenvalue weighted by Gasteiger charge is -2.17. The zero-order chi connectivity index (χ0) is 17.3. The Labute approximate surface area is 147 Å². The molecule has 0 atom stereocenters. The van der Waals surface area contributed by atoms with Crippen LogP contribution in [-0.2, 0) is 6.54 Å². The number of carbonyl (C=O) groups is 1. The molecule has 0 saturated heterocycles. The van der Waals surface area contributed by atoms with Gasteiger partial charge >= 0.3 is 0 Å². The molecule has 0 bridgehead atoms. The summed E-state index contributed by atoms with van der Waals surface area (Å²) in [6, 6.07) is 11.7. The van der Waals surface area contributed by atoms with Crippen LogP contribution < -0.4 is 5.56 Å². The van der Waals surface area contributed by atoms with Gasteiger partial charge in [-0.1, -0.05) is 35.3 Å². The van der Waals surface area contributed by atoms with Crippen LogP contribution in [0, 0.1) is 0 Å². The second-order valence-corrected chi connectivity index (χ2v) is 6.13. The number of carbonyl (C=O) groups excluding carboxylic acids is 1. The number of aromatic amines is 1. The smallest absolute Gasteiger partial charge is 0.258 e. The molecule has 0 spiro atoms. The molecule has 1 amide bonds. The summed E-state index contributed by atoms with van der Waals surface area (Å²) in [6.45, 7) is 0.166. The molecule has 0 saturated carbocycles. The summed E-state index contributed by atoms with van der Waals surface area (Å²) in [5.74, 6) is 0.166. The Kier molecular flexibility index (Phi) is 4.55. The van der Waals surface area contributed by atoms with Crippen molar-refractivity contribution in [3.8, 4) is 0 Å². The number of amides is 1. The van der Waals surface area contributed by atoms with Gasteiger partial charge in [-0.15, -0.1) is 0 Å². The van der Waals surface area contributed by atoms with Crippen LogP contribution in [0.5, 0.6) is 0 Å². The number of nitrogens with zero attached hydrogens (tertiary/aromatic N) is 2. The van der Waals surface area contributed by atoms with Gasteiger partial charge in [-0.25, -0.2) is 4.98 Å². The van der Waals surface area contributed by atoms with Crippen LogP contribution in [0.3, 0.4) is 0 Å². The van der Waals surface area contributed by atoms with E-state index in [1.165, 1.54) is 11.0 Å². The number of H-pyrrole nitrogens is 1. The molecule has 0 aliphatic carbocycles. The van der Waals surface area contributed by atoms with E-state index >= 15 is 0 Å². The van der Waals surface area contributed by atoms with Crippen molar-refractivity contribution in [1.82, 2.24) is 14.9 Å². The molecule has 1 aromatic heterocycles. The minimum atomic E-state index is -0.246. The third-order valence-electron chi connectivity index (χ3n) is 3.56. The Balaban J connectivity index is 1.86. The van der Waals surface area contributed by atoms with Gasteiger partial charge in [-0.05, 0) is 30.3 Å². The Bertz CT molecular complexity index is 985. The first-order valence-corrected chi connectivity index (χ1v) is 7.90. The summed E-state index contributed by atoms with van der Waals surface area (Å²) in [7, 11) is 1.63. The van der Waals surface area contributed by atoms with Gasteiger partial charge in [0.1, 0.15) is 5.82 Å². The standard InChI is InChI=1S/C17H13Cl2N3O2/c1-22(17(24)10-6-7-12(18)13(19)8-10)9-15-20-14-5-3-2-4-11(14)16(23)21-15/h2-8H,9H2,1H3,(H,20,21,23). The van der Waals surface area contributed by atoms with Crippen molar-refractivity contribution < 1.29 is 4.79 Å². The summed E-state index contributed by atoms with van der Waals surface area (Å²) in [5.41, 5.74) is 0.771. The summed E-state index contributed by atoms with van der Waals surface area (Å²) in [6.07, 6.45) is 0. The van der Waals surface area contributed by atoms with Crippen molar-refractivity contribution in [2.75, 3.05) is 7.05 Å². The van der Waals surface area contributed by atoms with E-state index < -0.39 is 0 Å². The molecule has 1 heterocycles. The Hall–Kier alpha value is -2.37. The maximum absolute atomic E-state index is 12.5. The summed E-state index contributed by atoms with van der Waals surface area (Å²) in [5, 5.41) is 1.21. The lowest BCUT2D eigenvalue weighted by Crippen LogP contribution is -2.28. The topological polar surface area (TPSA) is 66.1 Å². The average Bonchev–Trinajstić information content (AvgIpc) is 2.56. The molecule has 0 aliphatic heterocycles. The van der Waals surface area contributed by atoms with Gasteiger partial charge in [0.2, 0.25) is 0 Å². The zero-order valence-electron chi connectivity index (χ0n) is 12.7. The lowest BCUT2D eigenvalue weighted by molar-refractivity contribution is 0.0781. The zero-order valence-corrected chi connectivity index (χ0v) is 14.2. The van der Waals surface area contributed by atoms with Crippen molar-refractivity contribution in [3.63, 3.8) is 0 Å². The molecule has 0 fully saturated rings. The first-order chi connectivity index (χ1) is 11.5. The van der Waals surface area contributed by atoms with Gasteiger partial charge in [-0.2, -0.15) is 0 Å². The van der Waals surface area contributed by atoms with Gasteiger partial charge in [0, 0.05) is 12.6 Å². The highest BCUT2D eigenvalue weighted by molar-refractivity contribution is 6.42. The molecule has 0 unspecified atom stereocenters. The van der Waals surface area contributed by atoms with Crippen LogP contribution in [0.25, 0.3) is 10.9 Å². The highest BCUT2D eigenvalue weighted by Crippen LogP contribution is 2.23. The normalized spacial score (nSPS) is 10.8. The predicted octanol–water partition coefficient (Wildman–Crippen LogP) is 3.50. The van der Waals surface area contributed by atoms with E-state index in [4.69, 9.17) is 23.2 Å². The van der Waals surface area contributed by atoms with Crippen LogP contribution in [0.2, 0.25) is 10.0 Å². The van der Waals surface area contributed by atoms with E-state index in [1.54, 1.807) is 37.4 Å². The molecular weight excluding hydrogens is 349 g/mol. The quantitative estimate of drug-likeness (QED) is 0.776. The number of hydrogen-bond acceptors (Lipinski definition) is 3. The fourth-order valence-electron chi connectivity index (χ4n) is 2.36. The molecule has 7 heteroatoms. The largest absolute Gasteiger partial charge is 0.334 e. The number of rotatable bonds is 3. The van der Waals surface area contributed by atoms with Gasteiger partial charge in [0.05, 0.1) is 27.5 Å². The van der Waals surface area contributed by atoms with Crippen LogP contribution in [0.4, 0.5) is 0 Å². The Morgan fingerprint density at radius 2 is 1.92 bits per heavy atom. The molecular formula is C17H13Cl2N3O2. The molecule has 2 aromatic carbocycles. The molecule has 3 rings (SSSR count). The van der Waals surface area contributed by atoms with E-state index in [0.717, 1.165) is 0 Å². The van der Waals surface area contributed by atoms with Crippen molar-refractivity contribution in [3.05, 3.63) is 74.3 Å². The highest BCUT2D eigenvalue weighted by Gasteiger charge is 2.15. The van der Waals surface area contributed by atoms with Crippen molar-refractivity contribution in [1.29, 1.82) is 0 Å². The van der Waals surface area contributed by atoms with Crippen molar-refractivity contribution in [2.45, 2.75) is 6.54 Å². The average molecular weight is 362 g/mol. The lowest BCUT2D eigenvalue weighted by atomic mass is 10.2. The molecule has 24 heavy (non-hydrogen) atoms. The van der Waals surface area contributed by atoms with Crippen LogP contribution in [0.1, 0.15) is 16.2 Å². The third kappa shape index (κ3) is 3.27. The van der Waals surface area contributed by atoms with Crippen LogP contribution in [-0.4, -0.2) is 27.8 Å². The van der Waals surface area contributed by atoms with E-state index in [2.05, 4.69) is 9.97 Å². The first kappa shape index (κ1) is 16.5. The van der Waals surface area contributed by atoms with Gasteiger partial charge < -0.3 is 9.88 Å².